The molecule has 0 bridgehead atoms. The maximum Gasteiger partial charge on any atom is 0.339 e. The molecule has 2 rings (SSSR count). The first kappa shape index (κ1) is 17.9. The standard InChI is InChI=1S/C17H17N3O5.2H2/c1-3-25-16(22)11-4-7-13(8-5-11)19-17(23)20-14-9-6-12(10-18-14)15(21)24-2;;/h4-10H,3H2,1-2H3,(H2,18,19,20,23);2*1H. The number of nitrogens with zero attached hydrogens (tertiary/aromatic N) is 1. The van der Waals surface area contributed by atoms with E-state index in [0.29, 0.717) is 17.9 Å². The number of carbonyl (C=O) groups excluding carboxylic acids is 3. The topological polar surface area (TPSA) is 107 Å². The number of esters is 2. The lowest BCUT2D eigenvalue weighted by Gasteiger charge is -2.08. The van der Waals surface area contributed by atoms with Crippen molar-refractivity contribution in [2.45, 2.75) is 6.92 Å². The zero-order chi connectivity index (χ0) is 18.2. The molecule has 8 nitrogen and oxygen atoms in total. The summed E-state index contributed by atoms with van der Waals surface area (Å²) in [6.07, 6.45) is 1.30. The zero-order valence-electron chi connectivity index (χ0n) is 13.7. The van der Waals surface area contributed by atoms with Crippen LogP contribution in [-0.4, -0.2) is 36.7 Å². The highest BCUT2D eigenvalue weighted by Gasteiger charge is 2.09. The van der Waals surface area contributed by atoms with Gasteiger partial charge in [-0.05, 0) is 43.3 Å². The minimum absolute atomic E-state index is 0. The van der Waals surface area contributed by atoms with Crippen LogP contribution < -0.4 is 10.6 Å². The lowest BCUT2D eigenvalue weighted by molar-refractivity contribution is 0.0525. The van der Waals surface area contributed by atoms with Gasteiger partial charge in [0.05, 0.1) is 24.8 Å². The van der Waals surface area contributed by atoms with E-state index in [1.54, 1.807) is 31.2 Å². The number of rotatable bonds is 5. The Morgan fingerprint density at radius 3 is 2.24 bits per heavy atom. The van der Waals surface area contributed by atoms with Crippen molar-refractivity contribution in [3.63, 3.8) is 0 Å². The molecule has 0 radical (unpaired) electrons. The molecular formula is C17H21N3O5. The first-order chi connectivity index (χ1) is 12.0. The first-order valence-corrected chi connectivity index (χ1v) is 7.43. The smallest absolute Gasteiger partial charge is 0.339 e. The van der Waals surface area contributed by atoms with Crippen LogP contribution in [0.15, 0.2) is 42.6 Å². The normalized spacial score (nSPS) is 9.84. The maximum absolute atomic E-state index is 11.9. The summed E-state index contributed by atoms with van der Waals surface area (Å²) in [4.78, 5) is 38.7. The lowest BCUT2D eigenvalue weighted by Crippen LogP contribution is -2.20. The number of urea groups is 1. The molecule has 1 aromatic heterocycles. The van der Waals surface area contributed by atoms with Gasteiger partial charge in [-0.1, -0.05) is 0 Å². The minimum Gasteiger partial charge on any atom is -0.465 e. The molecule has 0 spiro atoms. The van der Waals surface area contributed by atoms with Crippen LogP contribution in [0.5, 0.6) is 0 Å². The highest BCUT2D eigenvalue weighted by Crippen LogP contribution is 2.12. The maximum atomic E-state index is 11.9. The van der Waals surface area contributed by atoms with Crippen LogP contribution in [-0.2, 0) is 9.47 Å². The Morgan fingerprint density at radius 2 is 1.68 bits per heavy atom. The average Bonchev–Trinajstić information content (AvgIpc) is 2.62. The number of aromatic nitrogens is 1. The van der Waals surface area contributed by atoms with Crippen molar-refractivity contribution in [1.29, 1.82) is 0 Å². The van der Waals surface area contributed by atoms with Crippen molar-refractivity contribution in [3.8, 4) is 0 Å². The van der Waals surface area contributed by atoms with Crippen LogP contribution in [0.1, 0.15) is 30.5 Å². The third-order valence-electron chi connectivity index (χ3n) is 3.08. The third kappa shape index (κ3) is 5.03. The Morgan fingerprint density at radius 1 is 1.00 bits per heavy atom. The molecule has 0 aliphatic rings. The fraction of sp³-hybridized carbons (Fsp3) is 0.176. The van der Waals surface area contributed by atoms with Crippen molar-refractivity contribution >= 4 is 29.5 Å². The Hall–Kier alpha value is -3.42. The molecule has 134 valence electrons. The number of amides is 2. The van der Waals surface area contributed by atoms with Gasteiger partial charge < -0.3 is 14.8 Å². The molecule has 2 N–H and O–H groups in total. The fourth-order valence-electron chi connectivity index (χ4n) is 1.89. The number of anilines is 2. The molecule has 0 saturated carbocycles. The monoisotopic (exact) mass is 347 g/mol. The fourth-order valence-corrected chi connectivity index (χ4v) is 1.89. The van der Waals surface area contributed by atoms with Crippen molar-refractivity contribution in [3.05, 3.63) is 53.7 Å². The molecule has 8 heteroatoms. The van der Waals surface area contributed by atoms with Crippen LogP contribution in [0.3, 0.4) is 0 Å². The van der Waals surface area contributed by atoms with Crippen LogP contribution in [0.4, 0.5) is 16.3 Å². The summed E-state index contributed by atoms with van der Waals surface area (Å²) in [5.41, 5.74) is 1.17. The summed E-state index contributed by atoms with van der Waals surface area (Å²) in [5, 5.41) is 5.13. The number of carbonyl (C=O) groups is 3. The van der Waals surface area contributed by atoms with E-state index in [2.05, 4.69) is 20.4 Å². The van der Waals surface area contributed by atoms with Crippen LogP contribution in [0.25, 0.3) is 0 Å². The van der Waals surface area contributed by atoms with Gasteiger partial charge in [0.2, 0.25) is 0 Å². The molecular weight excluding hydrogens is 326 g/mol. The van der Waals surface area contributed by atoms with Gasteiger partial charge in [0, 0.05) is 14.7 Å². The van der Waals surface area contributed by atoms with Gasteiger partial charge >= 0.3 is 18.0 Å². The first-order valence-electron chi connectivity index (χ1n) is 7.43. The molecule has 0 unspecified atom stereocenters. The molecule has 1 aromatic carbocycles. The van der Waals surface area contributed by atoms with E-state index in [0.717, 1.165) is 0 Å². The lowest BCUT2D eigenvalue weighted by atomic mass is 10.2. The number of methoxy groups -OCH3 is 1. The molecule has 2 aromatic rings. The highest BCUT2D eigenvalue weighted by molar-refractivity contribution is 5.99. The van der Waals surface area contributed by atoms with Crippen LogP contribution in [0, 0.1) is 0 Å². The van der Waals surface area contributed by atoms with Crippen molar-refractivity contribution in [1.82, 2.24) is 4.98 Å². The summed E-state index contributed by atoms with van der Waals surface area (Å²) in [6, 6.07) is 8.73. The van der Waals surface area contributed by atoms with Gasteiger partial charge in [-0.3, -0.25) is 5.32 Å². The van der Waals surface area contributed by atoms with E-state index in [9.17, 15) is 14.4 Å². The summed E-state index contributed by atoms with van der Waals surface area (Å²) in [6.45, 7) is 2.02. The van der Waals surface area contributed by atoms with Crippen molar-refractivity contribution in [2.75, 3.05) is 24.4 Å². The van der Waals surface area contributed by atoms with Gasteiger partial charge in [-0.25, -0.2) is 19.4 Å². The third-order valence-corrected chi connectivity index (χ3v) is 3.08. The van der Waals surface area contributed by atoms with E-state index < -0.39 is 18.0 Å². The number of pyridine rings is 1. The summed E-state index contributed by atoms with van der Waals surface area (Å²) < 4.78 is 9.45. The molecule has 2 amide bonds. The highest BCUT2D eigenvalue weighted by atomic mass is 16.5. The molecule has 0 atom stereocenters. The number of hydrogen-bond acceptors (Lipinski definition) is 6. The minimum atomic E-state index is -0.512. The van der Waals surface area contributed by atoms with Crippen LogP contribution in [0.2, 0.25) is 0 Å². The molecule has 0 aliphatic heterocycles. The van der Waals surface area contributed by atoms with E-state index in [1.165, 1.54) is 25.4 Å². The Bertz CT molecular complexity index is 767. The Kier molecular flexibility index (Phi) is 6.05. The summed E-state index contributed by atoms with van der Waals surface area (Å²) >= 11 is 0. The molecule has 25 heavy (non-hydrogen) atoms. The number of benzene rings is 1. The Labute approximate surface area is 147 Å². The van der Waals surface area contributed by atoms with Crippen LogP contribution >= 0.6 is 0 Å². The molecule has 1 heterocycles. The van der Waals surface area contributed by atoms with Gasteiger partial charge in [0.15, 0.2) is 0 Å². The van der Waals surface area contributed by atoms with E-state index >= 15 is 0 Å². The Balaban J connectivity index is 0.00000338. The van der Waals surface area contributed by atoms with Gasteiger partial charge in [-0.2, -0.15) is 0 Å². The molecule has 0 aliphatic carbocycles. The average molecular weight is 347 g/mol. The molecule has 0 saturated heterocycles. The zero-order valence-corrected chi connectivity index (χ0v) is 13.7. The van der Waals surface area contributed by atoms with Crippen molar-refractivity contribution < 1.29 is 26.7 Å². The quantitative estimate of drug-likeness (QED) is 0.805. The molecule has 0 fully saturated rings. The van der Waals surface area contributed by atoms with E-state index in [-0.39, 0.29) is 14.2 Å². The van der Waals surface area contributed by atoms with Gasteiger partial charge in [0.25, 0.3) is 0 Å². The van der Waals surface area contributed by atoms with Crippen molar-refractivity contribution in [2.24, 2.45) is 0 Å². The predicted molar refractivity (Wildman–Crippen MR) is 94.8 cm³/mol. The number of ether oxygens (including phenoxy) is 2. The largest absolute Gasteiger partial charge is 0.465 e. The van der Waals surface area contributed by atoms with E-state index in [4.69, 9.17) is 4.74 Å². The summed E-state index contributed by atoms with van der Waals surface area (Å²) in [5.74, 6) is -0.660. The van der Waals surface area contributed by atoms with E-state index in [1.807, 2.05) is 0 Å². The second kappa shape index (κ2) is 8.44. The second-order valence-corrected chi connectivity index (χ2v) is 4.80. The summed E-state index contributed by atoms with van der Waals surface area (Å²) in [7, 11) is 1.27. The van der Waals surface area contributed by atoms with Gasteiger partial charge in [-0.15, -0.1) is 0 Å². The van der Waals surface area contributed by atoms with Gasteiger partial charge in [0.1, 0.15) is 5.82 Å². The number of nitrogens with one attached hydrogen (secondary N) is 2. The predicted octanol–water partition coefficient (Wildman–Crippen LogP) is 3.18. The number of hydrogen-bond donors (Lipinski definition) is 2. The SMILES string of the molecule is CCOC(=O)c1ccc(NC(=O)Nc2ccc(C(=O)OC)cn2)cc1.[HH].[HH]. The second-order valence-electron chi connectivity index (χ2n) is 4.80.